The lowest BCUT2D eigenvalue weighted by Gasteiger charge is -2.48. The number of methoxy groups -OCH3 is 1. The molecule has 0 spiro atoms. The maximum Gasteiger partial charge on any atom is 0.309 e. The molecule has 3 aliphatic rings. The smallest absolute Gasteiger partial charge is 0.309 e. The predicted octanol–water partition coefficient (Wildman–Crippen LogP) is 4.62. The maximum atomic E-state index is 12.0. The highest BCUT2D eigenvalue weighted by atomic mass is 28.4. The molecule has 0 amide bonds. The Hall–Kier alpha value is -0.353. The van der Waals surface area contributed by atoms with Gasteiger partial charge in [0.2, 0.25) is 0 Å². The largest absolute Gasteiger partial charge is 0.469 e. The van der Waals surface area contributed by atoms with Gasteiger partial charge in [0.15, 0.2) is 8.32 Å². The van der Waals surface area contributed by atoms with Gasteiger partial charge in [-0.15, -0.1) is 0 Å². The molecule has 0 N–H and O–H groups in total. The van der Waals surface area contributed by atoms with E-state index in [9.17, 15) is 4.79 Å². The third-order valence-electron chi connectivity index (χ3n) is 7.68. The molecule has 3 rings (SSSR count). The van der Waals surface area contributed by atoms with Crippen molar-refractivity contribution in [3.63, 3.8) is 0 Å². The summed E-state index contributed by atoms with van der Waals surface area (Å²) in [6, 6.07) is 0. The summed E-state index contributed by atoms with van der Waals surface area (Å²) in [6.07, 6.45) is 5.27. The van der Waals surface area contributed by atoms with Crippen molar-refractivity contribution in [3.05, 3.63) is 0 Å². The lowest BCUT2D eigenvalue weighted by molar-refractivity contribution is -0.144. The Balaban J connectivity index is 1.75. The second-order valence-electron chi connectivity index (χ2n) is 9.90. The number of carbonyl (C=O) groups excluding carboxylic acids is 1. The first-order chi connectivity index (χ1) is 10.5. The zero-order valence-electron chi connectivity index (χ0n) is 15.9. The van der Waals surface area contributed by atoms with Crippen LogP contribution in [0.2, 0.25) is 18.1 Å². The molecule has 0 aliphatic heterocycles. The summed E-state index contributed by atoms with van der Waals surface area (Å²) in [5.41, 5.74) is 0.287. The van der Waals surface area contributed by atoms with Gasteiger partial charge in [-0.2, -0.15) is 0 Å². The fourth-order valence-corrected chi connectivity index (χ4v) is 6.74. The Morgan fingerprint density at radius 2 is 1.91 bits per heavy atom. The second kappa shape index (κ2) is 5.32. The van der Waals surface area contributed by atoms with Crippen LogP contribution >= 0.6 is 0 Å². The third kappa shape index (κ3) is 2.60. The van der Waals surface area contributed by atoms with Crippen LogP contribution in [-0.4, -0.2) is 27.5 Å². The Bertz CT molecular complexity index is 495. The number of hydrogen-bond donors (Lipinski definition) is 0. The highest BCUT2D eigenvalue weighted by Crippen LogP contribution is 2.72. The first-order valence-corrected chi connectivity index (χ1v) is 12.2. The minimum Gasteiger partial charge on any atom is -0.469 e. The van der Waals surface area contributed by atoms with E-state index in [-0.39, 0.29) is 22.3 Å². The van der Waals surface area contributed by atoms with E-state index in [4.69, 9.17) is 9.16 Å². The SMILES string of the molecule is COC(=O)[C@H]1[C@@H]2C[C@H]3[C@@H](O[Si](C)(C)C(C)(C)C)CCC[C@]3(C)[C@@H]21. The van der Waals surface area contributed by atoms with Crippen molar-refractivity contribution in [2.45, 2.75) is 77.6 Å². The van der Waals surface area contributed by atoms with Gasteiger partial charge in [-0.3, -0.25) is 4.79 Å². The van der Waals surface area contributed by atoms with E-state index in [2.05, 4.69) is 40.8 Å². The average Bonchev–Trinajstić information content (AvgIpc) is 3.07. The van der Waals surface area contributed by atoms with Gasteiger partial charge in [-0.05, 0) is 60.6 Å². The van der Waals surface area contributed by atoms with Crippen LogP contribution in [0.4, 0.5) is 0 Å². The highest BCUT2D eigenvalue weighted by molar-refractivity contribution is 6.74. The summed E-state index contributed by atoms with van der Waals surface area (Å²) in [5, 5.41) is 0.261. The van der Waals surface area contributed by atoms with Gasteiger partial charge in [-0.25, -0.2) is 0 Å². The molecule has 0 aromatic rings. The lowest BCUT2D eigenvalue weighted by atomic mass is 9.64. The Labute approximate surface area is 142 Å². The zero-order valence-corrected chi connectivity index (χ0v) is 16.9. The van der Waals surface area contributed by atoms with Gasteiger partial charge in [0.1, 0.15) is 0 Å². The van der Waals surface area contributed by atoms with Crippen LogP contribution in [0.15, 0.2) is 0 Å². The van der Waals surface area contributed by atoms with Crippen molar-refractivity contribution in [3.8, 4) is 0 Å². The van der Waals surface area contributed by atoms with Gasteiger partial charge < -0.3 is 9.16 Å². The number of fused-ring (bicyclic) bond motifs is 3. The van der Waals surface area contributed by atoms with E-state index in [1.807, 2.05) is 0 Å². The molecule has 0 radical (unpaired) electrons. The predicted molar refractivity (Wildman–Crippen MR) is 94.6 cm³/mol. The molecular weight excluding hydrogens is 304 g/mol. The summed E-state index contributed by atoms with van der Waals surface area (Å²) in [6.45, 7) is 14.1. The van der Waals surface area contributed by atoms with E-state index in [1.165, 1.54) is 32.8 Å². The van der Waals surface area contributed by atoms with E-state index in [0.717, 1.165) is 0 Å². The van der Waals surface area contributed by atoms with Crippen LogP contribution in [0.1, 0.15) is 53.4 Å². The number of carbonyl (C=O) groups is 1. The van der Waals surface area contributed by atoms with Crippen LogP contribution in [0, 0.1) is 29.1 Å². The molecule has 3 nitrogen and oxygen atoms in total. The monoisotopic (exact) mass is 338 g/mol. The summed E-state index contributed by atoms with van der Waals surface area (Å²) >= 11 is 0. The molecule has 132 valence electrons. The van der Waals surface area contributed by atoms with E-state index >= 15 is 0 Å². The van der Waals surface area contributed by atoms with Gasteiger partial charge in [0, 0.05) is 6.10 Å². The Kier molecular flexibility index (Phi) is 4.04. The van der Waals surface area contributed by atoms with E-state index in [1.54, 1.807) is 0 Å². The molecule has 4 heteroatoms. The molecule has 23 heavy (non-hydrogen) atoms. The number of esters is 1. The number of rotatable bonds is 3. The lowest BCUT2D eigenvalue weighted by Crippen LogP contribution is -2.50. The summed E-state index contributed by atoms with van der Waals surface area (Å²) in [4.78, 5) is 12.0. The van der Waals surface area contributed by atoms with Crippen LogP contribution < -0.4 is 0 Å². The second-order valence-corrected chi connectivity index (χ2v) is 14.7. The van der Waals surface area contributed by atoms with Crippen LogP contribution in [-0.2, 0) is 14.0 Å². The molecule has 0 aromatic heterocycles. The molecule has 3 saturated carbocycles. The van der Waals surface area contributed by atoms with Gasteiger partial charge in [-0.1, -0.05) is 34.1 Å². The first-order valence-electron chi connectivity index (χ1n) is 9.28. The van der Waals surface area contributed by atoms with Gasteiger partial charge in [0.25, 0.3) is 0 Å². The van der Waals surface area contributed by atoms with Crippen molar-refractivity contribution < 1.29 is 14.0 Å². The van der Waals surface area contributed by atoms with Gasteiger partial charge in [0.05, 0.1) is 13.0 Å². The average molecular weight is 339 g/mol. The molecular formula is C19H34O3Si. The fraction of sp³-hybridized carbons (Fsp3) is 0.947. The molecule has 0 heterocycles. The summed E-state index contributed by atoms with van der Waals surface area (Å²) in [5.74, 6) is 1.94. The topological polar surface area (TPSA) is 35.5 Å². The van der Waals surface area contributed by atoms with Crippen molar-refractivity contribution in [2.24, 2.45) is 29.1 Å². The Morgan fingerprint density at radius 1 is 1.26 bits per heavy atom. The minimum absolute atomic E-state index is 0.0205. The van der Waals surface area contributed by atoms with Crippen molar-refractivity contribution >= 4 is 14.3 Å². The van der Waals surface area contributed by atoms with E-state index < -0.39 is 8.32 Å². The molecule has 3 fully saturated rings. The highest BCUT2D eigenvalue weighted by Gasteiger charge is 2.71. The maximum absolute atomic E-state index is 12.0. The van der Waals surface area contributed by atoms with Gasteiger partial charge >= 0.3 is 5.97 Å². The summed E-state index contributed by atoms with van der Waals surface area (Å²) < 4.78 is 11.9. The van der Waals surface area contributed by atoms with Crippen molar-refractivity contribution in [2.75, 3.05) is 7.11 Å². The normalized spacial score (nSPS) is 42.8. The van der Waals surface area contributed by atoms with Crippen molar-refractivity contribution in [1.29, 1.82) is 0 Å². The molecule has 6 atom stereocenters. The minimum atomic E-state index is -1.73. The molecule has 0 bridgehead atoms. The quantitative estimate of drug-likeness (QED) is 0.556. The fourth-order valence-electron chi connectivity index (χ4n) is 5.34. The zero-order chi connectivity index (χ0) is 17.2. The summed E-state index contributed by atoms with van der Waals surface area (Å²) in [7, 11) is -0.201. The molecule has 0 saturated heterocycles. The molecule has 0 unspecified atom stereocenters. The Morgan fingerprint density at radius 3 is 2.48 bits per heavy atom. The number of ether oxygens (including phenoxy) is 1. The van der Waals surface area contributed by atoms with Crippen LogP contribution in [0.25, 0.3) is 0 Å². The standard InChI is InChI=1S/C19H34O3Si/c1-18(2,3)23(6,7)22-14-9-8-10-19(4)13(14)11-12-15(16(12)19)17(20)21-5/h12-16H,8-11H2,1-7H3/t12-,13-,14-,15-,16-,19-/m0/s1. The number of hydrogen-bond acceptors (Lipinski definition) is 3. The first kappa shape index (κ1) is 17.5. The van der Waals surface area contributed by atoms with Crippen molar-refractivity contribution in [1.82, 2.24) is 0 Å². The third-order valence-corrected chi connectivity index (χ3v) is 12.2. The molecule has 3 aliphatic carbocycles. The van der Waals surface area contributed by atoms with Crippen LogP contribution in [0.5, 0.6) is 0 Å². The van der Waals surface area contributed by atoms with Crippen LogP contribution in [0.3, 0.4) is 0 Å². The molecule has 0 aromatic carbocycles. The van der Waals surface area contributed by atoms with E-state index in [0.29, 0.717) is 23.9 Å².